The van der Waals surface area contributed by atoms with Gasteiger partial charge in [-0.2, -0.15) is 0 Å². The van der Waals surface area contributed by atoms with Gasteiger partial charge in [0, 0.05) is 5.56 Å². The number of phenolic OH excluding ortho intramolecular Hbond substituents is 1. The van der Waals surface area contributed by atoms with E-state index in [2.05, 4.69) is 0 Å². The number of phenols is 1. The number of aromatic hydroxyl groups is 1. The van der Waals surface area contributed by atoms with E-state index in [1.165, 1.54) is 6.07 Å². The molecule has 0 aliphatic rings. The molecule has 0 spiro atoms. The molecule has 3 N–H and O–H groups in total. The van der Waals surface area contributed by atoms with Gasteiger partial charge in [-0.15, -0.1) is 0 Å². The molecule has 0 radical (unpaired) electrons. The average Bonchev–Trinajstić information content (AvgIpc) is 2.29. The highest BCUT2D eigenvalue weighted by atomic mass is 16.5. The molecule has 0 fully saturated rings. The van der Waals surface area contributed by atoms with Crippen LogP contribution in [0.2, 0.25) is 0 Å². The molecular weight excluding hydrogens is 204 g/mol. The third-order valence-corrected chi connectivity index (χ3v) is 2.35. The first-order chi connectivity index (χ1) is 7.66. The molecule has 16 heavy (non-hydrogen) atoms. The monoisotopic (exact) mass is 216 g/mol. The van der Waals surface area contributed by atoms with Crippen molar-refractivity contribution < 1.29 is 15.3 Å². The number of rotatable bonds is 2. The van der Waals surface area contributed by atoms with E-state index in [0.717, 1.165) is 11.1 Å². The lowest BCUT2D eigenvalue weighted by Crippen LogP contribution is -1.94. The van der Waals surface area contributed by atoms with Crippen molar-refractivity contribution in [3.8, 4) is 16.9 Å². The first-order valence-corrected chi connectivity index (χ1v) is 4.92. The molecule has 0 saturated carbocycles. The van der Waals surface area contributed by atoms with Crippen LogP contribution in [-0.4, -0.2) is 15.3 Å². The molecule has 3 nitrogen and oxygen atoms in total. The van der Waals surface area contributed by atoms with Gasteiger partial charge in [0.05, 0.1) is 0 Å². The van der Waals surface area contributed by atoms with Crippen LogP contribution >= 0.6 is 0 Å². The highest BCUT2D eigenvalue weighted by Crippen LogP contribution is 2.27. The summed E-state index contributed by atoms with van der Waals surface area (Å²) in [6, 6.07) is 14.0. The van der Waals surface area contributed by atoms with Crippen molar-refractivity contribution in [2.45, 2.75) is 6.29 Å². The summed E-state index contributed by atoms with van der Waals surface area (Å²) in [6.45, 7) is 0. The van der Waals surface area contributed by atoms with E-state index in [1.807, 2.05) is 30.3 Å². The summed E-state index contributed by atoms with van der Waals surface area (Å²) < 4.78 is 0. The maximum Gasteiger partial charge on any atom is 0.178 e. The molecule has 0 saturated heterocycles. The Morgan fingerprint density at radius 1 is 0.812 bits per heavy atom. The molecule has 0 aromatic heterocycles. The second-order valence-corrected chi connectivity index (χ2v) is 3.55. The van der Waals surface area contributed by atoms with Crippen LogP contribution in [0.25, 0.3) is 11.1 Å². The van der Waals surface area contributed by atoms with Crippen molar-refractivity contribution in [1.82, 2.24) is 0 Å². The maximum absolute atomic E-state index is 9.48. The second-order valence-electron chi connectivity index (χ2n) is 3.55. The van der Waals surface area contributed by atoms with Gasteiger partial charge >= 0.3 is 0 Å². The molecule has 2 rings (SSSR count). The lowest BCUT2D eigenvalue weighted by molar-refractivity contribution is -0.0425. The zero-order valence-corrected chi connectivity index (χ0v) is 8.54. The molecule has 82 valence electrons. The zero-order valence-electron chi connectivity index (χ0n) is 8.54. The predicted octanol–water partition coefficient (Wildman–Crippen LogP) is 2.04. The van der Waals surface area contributed by atoms with Crippen molar-refractivity contribution in [1.29, 1.82) is 0 Å². The average molecular weight is 216 g/mol. The Balaban J connectivity index is 2.50. The fourth-order valence-corrected chi connectivity index (χ4v) is 1.58. The minimum absolute atomic E-state index is 0.0180. The Kier molecular flexibility index (Phi) is 2.90. The summed E-state index contributed by atoms with van der Waals surface area (Å²) in [6.07, 6.45) is -1.57. The van der Waals surface area contributed by atoms with Gasteiger partial charge in [-0.3, -0.25) is 0 Å². The largest absolute Gasteiger partial charge is 0.508 e. The summed E-state index contributed by atoms with van der Waals surface area (Å²) in [4.78, 5) is 0. The molecule has 0 atom stereocenters. The second kappa shape index (κ2) is 4.35. The molecule has 0 aliphatic heterocycles. The summed E-state index contributed by atoms with van der Waals surface area (Å²) in [5.41, 5.74) is 1.95. The van der Waals surface area contributed by atoms with Crippen molar-refractivity contribution >= 4 is 0 Å². The first-order valence-electron chi connectivity index (χ1n) is 4.92. The number of aliphatic hydroxyl groups is 2. The standard InChI is InChI=1S/C13H12O3/c14-12-7-10(6-11(8-12)13(15)16)9-4-2-1-3-5-9/h1-8,13-16H. The Labute approximate surface area is 93.2 Å². The van der Waals surface area contributed by atoms with E-state index in [-0.39, 0.29) is 11.3 Å². The third kappa shape index (κ3) is 2.21. The quantitative estimate of drug-likeness (QED) is 0.673. The molecular formula is C13H12O3. The molecule has 3 heteroatoms. The lowest BCUT2D eigenvalue weighted by Gasteiger charge is -2.08. The molecule has 0 aliphatic carbocycles. The topological polar surface area (TPSA) is 60.7 Å². The van der Waals surface area contributed by atoms with E-state index in [9.17, 15) is 5.11 Å². The van der Waals surface area contributed by atoms with Gasteiger partial charge in [-0.05, 0) is 29.3 Å². The van der Waals surface area contributed by atoms with Crippen LogP contribution in [0, 0.1) is 0 Å². The fraction of sp³-hybridized carbons (Fsp3) is 0.0769. The maximum atomic E-state index is 9.48. The molecule has 2 aromatic rings. The van der Waals surface area contributed by atoms with E-state index in [0.29, 0.717) is 0 Å². The summed E-state index contributed by atoms with van der Waals surface area (Å²) >= 11 is 0. The SMILES string of the molecule is Oc1cc(-c2ccccc2)cc(C(O)O)c1. The van der Waals surface area contributed by atoms with Crippen molar-refractivity contribution in [2.75, 3.05) is 0 Å². The normalized spacial score (nSPS) is 10.7. The van der Waals surface area contributed by atoms with Crippen LogP contribution in [0.3, 0.4) is 0 Å². The summed E-state index contributed by atoms with van der Waals surface area (Å²) in [7, 11) is 0. The predicted molar refractivity (Wildman–Crippen MR) is 60.7 cm³/mol. The minimum Gasteiger partial charge on any atom is -0.508 e. The number of hydrogen-bond donors (Lipinski definition) is 3. The highest BCUT2D eigenvalue weighted by Gasteiger charge is 2.07. The minimum atomic E-state index is -1.57. The Morgan fingerprint density at radius 3 is 2.12 bits per heavy atom. The van der Waals surface area contributed by atoms with Crippen LogP contribution in [0.5, 0.6) is 5.75 Å². The van der Waals surface area contributed by atoms with Gasteiger partial charge in [0.15, 0.2) is 6.29 Å². The summed E-state index contributed by atoms with van der Waals surface area (Å²) in [5.74, 6) is 0.0180. The molecule has 0 amide bonds. The molecule has 0 unspecified atom stereocenters. The van der Waals surface area contributed by atoms with Crippen LogP contribution in [0.15, 0.2) is 48.5 Å². The lowest BCUT2D eigenvalue weighted by atomic mass is 10.0. The van der Waals surface area contributed by atoms with Crippen molar-refractivity contribution in [2.24, 2.45) is 0 Å². The van der Waals surface area contributed by atoms with E-state index in [1.54, 1.807) is 12.1 Å². The fourth-order valence-electron chi connectivity index (χ4n) is 1.58. The van der Waals surface area contributed by atoms with Gasteiger partial charge in [-0.25, -0.2) is 0 Å². The number of hydrogen-bond acceptors (Lipinski definition) is 3. The first kappa shape index (κ1) is 10.7. The Morgan fingerprint density at radius 2 is 1.50 bits per heavy atom. The van der Waals surface area contributed by atoms with Gasteiger partial charge in [0.25, 0.3) is 0 Å². The van der Waals surface area contributed by atoms with E-state index in [4.69, 9.17) is 10.2 Å². The van der Waals surface area contributed by atoms with Crippen LogP contribution in [0.4, 0.5) is 0 Å². The van der Waals surface area contributed by atoms with E-state index >= 15 is 0 Å². The van der Waals surface area contributed by atoms with Crippen molar-refractivity contribution in [3.05, 3.63) is 54.1 Å². The smallest absolute Gasteiger partial charge is 0.178 e. The number of aliphatic hydroxyl groups excluding tert-OH is 1. The van der Waals surface area contributed by atoms with Crippen LogP contribution in [0.1, 0.15) is 11.9 Å². The Hall–Kier alpha value is -1.84. The highest BCUT2D eigenvalue weighted by molar-refractivity contribution is 5.66. The van der Waals surface area contributed by atoms with Gasteiger partial charge < -0.3 is 15.3 Å². The molecule has 0 bridgehead atoms. The summed E-state index contributed by atoms with van der Waals surface area (Å²) in [5, 5.41) is 27.6. The van der Waals surface area contributed by atoms with Gasteiger partial charge in [0.1, 0.15) is 5.75 Å². The van der Waals surface area contributed by atoms with Crippen molar-refractivity contribution in [3.63, 3.8) is 0 Å². The molecule has 2 aromatic carbocycles. The third-order valence-electron chi connectivity index (χ3n) is 2.35. The van der Waals surface area contributed by atoms with Gasteiger partial charge in [0.2, 0.25) is 0 Å². The van der Waals surface area contributed by atoms with Crippen LogP contribution in [-0.2, 0) is 0 Å². The van der Waals surface area contributed by atoms with Crippen LogP contribution < -0.4 is 0 Å². The molecule has 0 heterocycles. The number of benzene rings is 2. The zero-order chi connectivity index (χ0) is 11.5. The van der Waals surface area contributed by atoms with E-state index < -0.39 is 6.29 Å². The van der Waals surface area contributed by atoms with Gasteiger partial charge in [-0.1, -0.05) is 30.3 Å². The Bertz CT molecular complexity index is 478.